The molecule has 0 aromatic heterocycles. The molecule has 4 fully saturated rings. The Morgan fingerprint density at radius 3 is 2.21 bits per heavy atom. The fraction of sp³-hybridized carbons (Fsp3) is 1.00. The molecule has 0 amide bonds. The van der Waals surface area contributed by atoms with Crippen molar-refractivity contribution in [1.82, 2.24) is 0 Å². The molecule has 0 bridgehead atoms. The molecule has 0 N–H and O–H groups in total. The number of rotatable bonds is 5. The molecule has 0 heteroatoms. The minimum atomic E-state index is 0.602. The molecular formula is C29H52. The Hall–Kier alpha value is 0. The molecule has 29 heavy (non-hydrogen) atoms. The Balaban J connectivity index is 1.54. The van der Waals surface area contributed by atoms with Crippen LogP contribution in [0.5, 0.6) is 0 Å². The van der Waals surface area contributed by atoms with Crippen molar-refractivity contribution in [1.29, 1.82) is 0 Å². The number of fused-ring (bicyclic) bond motifs is 5. The molecule has 4 aliphatic carbocycles. The lowest BCUT2D eigenvalue weighted by Crippen LogP contribution is -2.60. The van der Waals surface area contributed by atoms with Crippen molar-refractivity contribution in [2.45, 2.75) is 126 Å². The van der Waals surface area contributed by atoms with Crippen LogP contribution in [0.3, 0.4) is 0 Å². The van der Waals surface area contributed by atoms with E-state index in [0.717, 1.165) is 41.4 Å². The van der Waals surface area contributed by atoms with E-state index in [2.05, 4.69) is 48.5 Å². The zero-order valence-electron chi connectivity index (χ0n) is 21.0. The molecule has 4 saturated carbocycles. The summed E-state index contributed by atoms with van der Waals surface area (Å²) in [5, 5.41) is 0. The van der Waals surface area contributed by atoms with Crippen LogP contribution < -0.4 is 0 Å². The van der Waals surface area contributed by atoms with Gasteiger partial charge in [-0.05, 0) is 103 Å². The van der Waals surface area contributed by atoms with Gasteiger partial charge >= 0.3 is 0 Å². The van der Waals surface area contributed by atoms with E-state index in [9.17, 15) is 0 Å². The minimum Gasteiger partial charge on any atom is -0.0628 e. The first-order valence-electron chi connectivity index (χ1n) is 13.6. The maximum atomic E-state index is 2.79. The van der Waals surface area contributed by atoms with Crippen molar-refractivity contribution in [2.24, 2.45) is 57.7 Å². The predicted molar refractivity (Wildman–Crippen MR) is 127 cm³/mol. The molecule has 0 unspecified atom stereocenters. The summed E-state index contributed by atoms with van der Waals surface area (Å²) in [4.78, 5) is 0. The fourth-order valence-corrected chi connectivity index (χ4v) is 10.2. The van der Waals surface area contributed by atoms with Crippen LogP contribution in [0.25, 0.3) is 0 Å². The van der Waals surface area contributed by atoms with Crippen molar-refractivity contribution >= 4 is 0 Å². The van der Waals surface area contributed by atoms with Crippen LogP contribution in [0.2, 0.25) is 0 Å². The predicted octanol–water partition coefficient (Wildman–Crippen LogP) is 9.13. The Kier molecular flexibility index (Phi) is 6.01. The second kappa shape index (κ2) is 7.85. The summed E-state index contributed by atoms with van der Waals surface area (Å²) >= 11 is 0. The van der Waals surface area contributed by atoms with E-state index >= 15 is 0 Å². The quantitative estimate of drug-likeness (QED) is 0.431. The molecule has 0 aromatic carbocycles. The highest BCUT2D eigenvalue weighted by atomic mass is 14.7. The molecule has 9 atom stereocenters. The van der Waals surface area contributed by atoms with Crippen LogP contribution in [0.1, 0.15) is 126 Å². The lowest BCUT2D eigenvalue weighted by molar-refractivity contribution is -0.190. The largest absolute Gasteiger partial charge is 0.0628 e. The summed E-state index contributed by atoms with van der Waals surface area (Å²) in [6.45, 7) is 18.3. The second-order valence-corrected chi connectivity index (χ2v) is 13.6. The van der Waals surface area contributed by atoms with Crippen molar-refractivity contribution < 1.29 is 0 Å². The van der Waals surface area contributed by atoms with E-state index in [1.165, 1.54) is 64.2 Å². The number of hydrogen-bond donors (Lipinski definition) is 0. The third-order valence-electron chi connectivity index (χ3n) is 12.0. The molecule has 0 aromatic rings. The molecular weight excluding hydrogens is 348 g/mol. The monoisotopic (exact) mass is 400 g/mol. The third-order valence-corrected chi connectivity index (χ3v) is 12.0. The molecule has 0 heterocycles. The third kappa shape index (κ3) is 3.36. The highest BCUT2D eigenvalue weighted by molar-refractivity contribution is 5.15. The van der Waals surface area contributed by atoms with Crippen molar-refractivity contribution in [3.05, 3.63) is 0 Å². The van der Waals surface area contributed by atoms with Crippen molar-refractivity contribution in [2.75, 3.05) is 0 Å². The van der Waals surface area contributed by atoms with E-state index in [1.54, 1.807) is 12.8 Å². The summed E-state index contributed by atoms with van der Waals surface area (Å²) in [6.07, 6.45) is 18.1. The van der Waals surface area contributed by atoms with E-state index in [4.69, 9.17) is 0 Å². The first-order valence-corrected chi connectivity index (χ1v) is 13.6. The van der Waals surface area contributed by atoms with Gasteiger partial charge in [0.15, 0.2) is 0 Å². The molecule has 168 valence electrons. The minimum absolute atomic E-state index is 0.602. The summed E-state index contributed by atoms with van der Waals surface area (Å²) in [5.74, 6) is 6.83. The molecule has 0 aliphatic heterocycles. The summed E-state index contributed by atoms with van der Waals surface area (Å²) in [6, 6.07) is 0. The van der Waals surface area contributed by atoms with Gasteiger partial charge in [-0.25, -0.2) is 0 Å². The Labute approximate surface area is 183 Å². The van der Waals surface area contributed by atoms with Gasteiger partial charge in [-0.15, -0.1) is 0 Å². The molecule has 0 saturated heterocycles. The summed E-state index contributed by atoms with van der Waals surface area (Å²) in [7, 11) is 0. The lowest BCUT2D eigenvalue weighted by atomic mass is 9.37. The van der Waals surface area contributed by atoms with Gasteiger partial charge < -0.3 is 0 Å². The first-order chi connectivity index (χ1) is 13.6. The van der Waals surface area contributed by atoms with E-state index in [0.29, 0.717) is 16.2 Å². The van der Waals surface area contributed by atoms with Gasteiger partial charge in [-0.2, -0.15) is 0 Å². The van der Waals surface area contributed by atoms with Crippen LogP contribution in [-0.4, -0.2) is 0 Å². The maximum absolute atomic E-state index is 2.79. The highest BCUT2D eigenvalue weighted by Gasteiger charge is 2.66. The molecule has 0 spiro atoms. The Morgan fingerprint density at radius 1 is 0.759 bits per heavy atom. The standard InChI is InChI=1S/C29H52/c1-20(2)10-8-11-21(3)23-15-18-28(6)25(23)13-14-26-27(5)17-9-12-22(4)24(27)16-19-29(26,28)7/h20-26H,8-19H2,1-7H3/t21-,22+,23+,24+,25+,26+,27+,28+,29+/m1/s1. The molecule has 4 aliphatic rings. The first kappa shape index (κ1) is 22.2. The summed E-state index contributed by atoms with van der Waals surface area (Å²) in [5.41, 5.74) is 1.85. The van der Waals surface area contributed by atoms with Gasteiger partial charge in [0, 0.05) is 0 Å². The number of hydrogen-bond acceptors (Lipinski definition) is 0. The molecule has 4 rings (SSSR count). The van der Waals surface area contributed by atoms with Gasteiger partial charge in [-0.3, -0.25) is 0 Å². The van der Waals surface area contributed by atoms with Crippen LogP contribution in [0.15, 0.2) is 0 Å². The van der Waals surface area contributed by atoms with Gasteiger partial charge in [0.2, 0.25) is 0 Å². The maximum Gasteiger partial charge on any atom is -0.0235 e. The van der Waals surface area contributed by atoms with E-state index in [-0.39, 0.29) is 0 Å². The summed E-state index contributed by atoms with van der Waals surface area (Å²) < 4.78 is 0. The second-order valence-electron chi connectivity index (χ2n) is 13.6. The van der Waals surface area contributed by atoms with Gasteiger partial charge in [0.05, 0.1) is 0 Å². The Morgan fingerprint density at radius 2 is 1.48 bits per heavy atom. The average molecular weight is 401 g/mol. The topological polar surface area (TPSA) is 0 Å². The zero-order chi connectivity index (χ0) is 21.0. The van der Waals surface area contributed by atoms with E-state index in [1.807, 2.05) is 0 Å². The van der Waals surface area contributed by atoms with E-state index < -0.39 is 0 Å². The van der Waals surface area contributed by atoms with Gasteiger partial charge in [-0.1, -0.05) is 80.6 Å². The average Bonchev–Trinajstić information content (AvgIpc) is 3.00. The van der Waals surface area contributed by atoms with Crippen molar-refractivity contribution in [3.8, 4) is 0 Å². The smallest absolute Gasteiger partial charge is 0.0235 e. The van der Waals surface area contributed by atoms with Gasteiger partial charge in [0.1, 0.15) is 0 Å². The SMILES string of the molecule is CC(C)CCC[C@@H](C)[C@@H]1CC[C@@]2(C)[C@H]1CC[C@H]1[C@@]3(C)CCC[C@H](C)[C@@H]3CC[C@@]12C. The molecule has 0 nitrogen and oxygen atoms in total. The lowest BCUT2D eigenvalue weighted by Gasteiger charge is -2.68. The normalized spacial score (nSPS) is 50.7. The van der Waals surface area contributed by atoms with Gasteiger partial charge in [0.25, 0.3) is 0 Å². The highest BCUT2D eigenvalue weighted by Crippen LogP contribution is 2.74. The van der Waals surface area contributed by atoms with Crippen LogP contribution in [0.4, 0.5) is 0 Å². The van der Waals surface area contributed by atoms with Crippen LogP contribution in [0, 0.1) is 57.7 Å². The van der Waals surface area contributed by atoms with Crippen molar-refractivity contribution in [3.63, 3.8) is 0 Å². The Bertz CT molecular complexity index is 577. The van der Waals surface area contributed by atoms with Crippen LogP contribution >= 0.6 is 0 Å². The zero-order valence-corrected chi connectivity index (χ0v) is 21.0. The van der Waals surface area contributed by atoms with Crippen LogP contribution in [-0.2, 0) is 0 Å². The molecule has 0 radical (unpaired) electrons. The fourth-order valence-electron chi connectivity index (χ4n) is 10.2.